The van der Waals surface area contributed by atoms with Crippen LogP contribution in [-0.2, 0) is 11.4 Å². The van der Waals surface area contributed by atoms with Gasteiger partial charge in [-0.15, -0.1) is 0 Å². The number of carbonyl (C=O) groups excluding carboxylic acids is 1. The monoisotopic (exact) mass is 502 g/mol. The molecular formula is C27H23BrN2O3. The van der Waals surface area contributed by atoms with E-state index in [2.05, 4.69) is 28.9 Å². The fraction of sp³-hybridized carbons (Fsp3) is 0.185. The van der Waals surface area contributed by atoms with Crippen molar-refractivity contribution < 1.29 is 14.3 Å². The minimum absolute atomic E-state index is 0.00245. The lowest BCUT2D eigenvalue weighted by atomic mass is 10.0. The van der Waals surface area contributed by atoms with E-state index in [1.807, 2.05) is 65.6 Å². The van der Waals surface area contributed by atoms with Crippen molar-refractivity contribution in [2.24, 2.45) is 0 Å². The normalized spacial score (nSPS) is 13.7. The lowest BCUT2D eigenvalue weighted by molar-refractivity contribution is -0.113. The first-order valence-electron chi connectivity index (χ1n) is 10.7. The number of anilines is 1. The van der Waals surface area contributed by atoms with Gasteiger partial charge in [-0.25, -0.2) is 0 Å². The van der Waals surface area contributed by atoms with Crippen molar-refractivity contribution in [3.8, 4) is 17.6 Å². The average molecular weight is 503 g/mol. The molecule has 0 saturated carbocycles. The topological polar surface area (TPSA) is 62.6 Å². The van der Waals surface area contributed by atoms with E-state index in [4.69, 9.17) is 9.47 Å². The number of hydrogen-bond acceptors (Lipinski definition) is 4. The first kappa shape index (κ1) is 22.6. The van der Waals surface area contributed by atoms with Crippen LogP contribution in [-0.4, -0.2) is 19.6 Å². The molecule has 0 aliphatic carbocycles. The molecule has 1 aliphatic rings. The van der Waals surface area contributed by atoms with E-state index < -0.39 is 0 Å². The maximum atomic E-state index is 13.2. The number of para-hydroxylation sites is 1. The number of fused-ring (bicyclic) bond motifs is 1. The van der Waals surface area contributed by atoms with Gasteiger partial charge in [-0.1, -0.05) is 59.3 Å². The first-order chi connectivity index (χ1) is 16.1. The lowest BCUT2D eigenvalue weighted by Crippen LogP contribution is -2.26. The summed E-state index contributed by atoms with van der Waals surface area (Å²) in [6.45, 7) is 2.98. The largest absolute Gasteiger partial charge is 0.493 e. The Morgan fingerprint density at radius 1 is 1.09 bits per heavy atom. The van der Waals surface area contributed by atoms with Crippen molar-refractivity contribution in [1.82, 2.24) is 0 Å². The summed E-state index contributed by atoms with van der Waals surface area (Å²) in [6.07, 6.45) is 2.77. The zero-order valence-electron chi connectivity index (χ0n) is 18.5. The molecule has 3 aromatic carbocycles. The van der Waals surface area contributed by atoms with Crippen molar-refractivity contribution in [3.63, 3.8) is 0 Å². The summed E-state index contributed by atoms with van der Waals surface area (Å²) in [7, 11) is 1.58. The van der Waals surface area contributed by atoms with Crippen molar-refractivity contribution in [2.75, 3.05) is 18.6 Å². The van der Waals surface area contributed by atoms with E-state index in [0.29, 0.717) is 29.2 Å². The number of ether oxygens (including phenoxy) is 2. The van der Waals surface area contributed by atoms with E-state index in [-0.39, 0.29) is 12.5 Å². The van der Waals surface area contributed by atoms with Gasteiger partial charge < -0.3 is 14.4 Å². The van der Waals surface area contributed by atoms with Crippen LogP contribution in [0.1, 0.15) is 35.6 Å². The second-order valence-electron chi connectivity index (χ2n) is 7.61. The van der Waals surface area contributed by atoms with Crippen LogP contribution >= 0.6 is 15.9 Å². The Morgan fingerprint density at radius 3 is 2.61 bits per heavy atom. The van der Waals surface area contributed by atoms with Crippen LogP contribution in [0.25, 0.3) is 11.6 Å². The Hall–Kier alpha value is -3.56. The van der Waals surface area contributed by atoms with Crippen LogP contribution in [0.15, 0.2) is 65.1 Å². The molecule has 1 heterocycles. The van der Waals surface area contributed by atoms with Crippen LogP contribution in [0.2, 0.25) is 0 Å². The minimum Gasteiger partial charge on any atom is -0.493 e. The molecule has 5 nitrogen and oxygen atoms in total. The minimum atomic E-state index is -0.00245. The highest BCUT2D eigenvalue weighted by Gasteiger charge is 2.31. The molecule has 0 bridgehead atoms. The molecule has 6 heteroatoms. The van der Waals surface area contributed by atoms with Gasteiger partial charge in [0.25, 0.3) is 5.91 Å². The predicted octanol–water partition coefficient (Wildman–Crippen LogP) is 6.21. The van der Waals surface area contributed by atoms with E-state index in [1.165, 1.54) is 0 Å². The third-order valence-electron chi connectivity index (χ3n) is 5.51. The summed E-state index contributed by atoms with van der Waals surface area (Å²) in [4.78, 5) is 15.0. The summed E-state index contributed by atoms with van der Waals surface area (Å²) in [6, 6.07) is 21.0. The van der Waals surface area contributed by atoms with Gasteiger partial charge in [-0.05, 0) is 42.3 Å². The zero-order chi connectivity index (χ0) is 23.4. The number of methoxy groups -OCH3 is 1. The van der Waals surface area contributed by atoms with Crippen molar-refractivity contribution in [2.45, 2.75) is 20.0 Å². The van der Waals surface area contributed by atoms with Gasteiger partial charge in [-0.3, -0.25) is 4.79 Å². The molecule has 0 radical (unpaired) electrons. The fourth-order valence-electron chi connectivity index (χ4n) is 3.89. The number of amides is 1. The summed E-state index contributed by atoms with van der Waals surface area (Å²) >= 11 is 3.62. The van der Waals surface area contributed by atoms with Crippen molar-refractivity contribution >= 4 is 39.2 Å². The Kier molecular flexibility index (Phi) is 6.81. The Labute approximate surface area is 202 Å². The standard InChI is InChI=1S/C27H23BrN2O3/c1-3-12-30-24-11-7-6-10-21(24)22(27(30)31)13-20-14-25(32-2)26(15-23(20)28)33-17-19-9-5-4-8-18(19)16-29/h4-11,13-15H,3,12,17H2,1-2H3/b22-13-. The predicted molar refractivity (Wildman–Crippen MR) is 133 cm³/mol. The molecule has 33 heavy (non-hydrogen) atoms. The molecule has 0 atom stereocenters. The fourth-order valence-corrected chi connectivity index (χ4v) is 4.33. The number of rotatable bonds is 7. The van der Waals surface area contributed by atoms with Crippen LogP contribution in [0.5, 0.6) is 11.5 Å². The molecule has 4 rings (SSSR count). The third kappa shape index (κ3) is 4.50. The summed E-state index contributed by atoms with van der Waals surface area (Å²) < 4.78 is 12.3. The number of nitrogens with zero attached hydrogens (tertiary/aromatic N) is 2. The smallest absolute Gasteiger partial charge is 0.258 e. The van der Waals surface area contributed by atoms with Gasteiger partial charge in [0.05, 0.1) is 24.4 Å². The maximum absolute atomic E-state index is 13.2. The Balaban J connectivity index is 1.67. The quantitative estimate of drug-likeness (QED) is 0.360. The van der Waals surface area contributed by atoms with Crippen LogP contribution < -0.4 is 14.4 Å². The van der Waals surface area contributed by atoms with Crippen molar-refractivity contribution in [1.29, 1.82) is 5.26 Å². The molecule has 0 N–H and O–H groups in total. The molecule has 0 aromatic heterocycles. The lowest BCUT2D eigenvalue weighted by Gasteiger charge is -2.15. The van der Waals surface area contributed by atoms with E-state index in [1.54, 1.807) is 13.2 Å². The molecule has 1 aliphatic heterocycles. The number of benzene rings is 3. The summed E-state index contributed by atoms with van der Waals surface area (Å²) in [5.74, 6) is 1.09. The van der Waals surface area contributed by atoms with Gasteiger partial charge in [0.2, 0.25) is 0 Å². The molecule has 0 spiro atoms. The molecule has 0 saturated heterocycles. The second-order valence-corrected chi connectivity index (χ2v) is 8.47. The van der Waals surface area contributed by atoms with Gasteiger partial charge in [0.15, 0.2) is 11.5 Å². The highest BCUT2D eigenvalue weighted by Crippen LogP contribution is 2.40. The van der Waals surface area contributed by atoms with E-state index in [0.717, 1.165) is 33.3 Å². The van der Waals surface area contributed by atoms with Gasteiger partial charge in [0, 0.05) is 27.7 Å². The van der Waals surface area contributed by atoms with Crippen LogP contribution in [0.3, 0.4) is 0 Å². The zero-order valence-corrected chi connectivity index (χ0v) is 20.1. The molecule has 0 fully saturated rings. The third-order valence-corrected chi connectivity index (χ3v) is 6.20. The maximum Gasteiger partial charge on any atom is 0.258 e. The van der Waals surface area contributed by atoms with Gasteiger partial charge >= 0.3 is 0 Å². The highest BCUT2D eigenvalue weighted by molar-refractivity contribution is 9.10. The van der Waals surface area contributed by atoms with Crippen LogP contribution in [0.4, 0.5) is 5.69 Å². The Morgan fingerprint density at radius 2 is 1.85 bits per heavy atom. The van der Waals surface area contributed by atoms with E-state index >= 15 is 0 Å². The van der Waals surface area contributed by atoms with Crippen molar-refractivity contribution in [3.05, 3.63) is 87.4 Å². The summed E-state index contributed by atoms with van der Waals surface area (Å²) in [5.41, 5.74) is 4.71. The molecule has 1 amide bonds. The van der Waals surface area contributed by atoms with Crippen LogP contribution in [0, 0.1) is 11.3 Å². The first-order valence-corrected chi connectivity index (χ1v) is 11.5. The highest BCUT2D eigenvalue weighted by atomic mass is 79.9. The van der Waals surface area contributed by atoms with Gasteiger partial charge in [-0.2, -0.15) is 5.26 Å². The molecule has 166 valence electrons. The molecule has 0 unspecified atom stereocenters. The number of hydrogen-bond donors (Lipinski definition) is 0. The van der Waals surface area contributed by atoms with E-state index in [9.17, 15) is 10.1 Å². The number of halogens is 1. The SMILES string of the molecule is CCCN1C(=O)/C(=C\c2cc(OC)c(OCc3ccccc3C#N)cc2Br)c2ccccc21. The Bertz CT molecular complexity index is 1280. The van der Waals surface area contributed by atoms with Gasteiger partial charge in [0.1, 0.15) is 6.61 Å². The number of nitriles is 1. The number of carbonyl (C=O) groups is 1. The molecule has 3 aromatic rings. The summed E-state index contributed by atoms with van der Waals surface area (Å²) in [5, 5.41) is 9.30. The average Bonchev–Trinajstić information content (AvgIpc) is 3.10. The second kappa shape index (κ2) is 9.93. The molecular weight excluding hydrogens is 480 g/mol.